The molecule has 0 N–H and O–H groups in total. The van der Waals surface area contributed by atoms with E-state index in [2.05, 4.69) is 25.8 Å². The third-order valence-corrected chi connectivity index (χ3v) is 4.29. The summed E-state index contributed by atoms with van der Waals surface area (Å²) >= 11 is 6.06. The molecule has 1 aliphatic heterocycles. The number of carbonyl (C=O) groups is 1. The van der Waals surface area contributed by atoms with Crippen LogP contribution < -0.4 is 0 Å². The smallest absolute Gasteiger partial charge is 0.254 e. The molecule has 2 atom stereocenters. The molecular formula is C16H23ClN2O. The van der Waals surface area contributed by atoms with Crippen LogP contribution in [0.25, 0.3) is 0 Å². The number of aromatic nitrogens is 1. The van der Waals surface area contributed by atoms with E-state index >= 15 is 0 Å². The molecule has 20 heavy (non-hydrogen) atoms. The van der Waals surface area contributed by atoms with Gasteiger partial charge >= 0.3 is 0 Å². The average molecular weight is 295 g/mol. The van der Waals surface area contributed by atoms with Crippen molar-refractivity contribution in [1.82, 2.24) is 9.88 Å². The van der Waals surface area contributed by atoms with Gasteiger partial charge in [0.25, 0.3) is 5.91 Å². The first-order chi connectivity index (χ1) is 9.56. The third kappa shape index (κ3) is 3.14. The Morgan fingerprint density at radius 2 is 2.15 bits per heavy atom. The Morgan fingerprint density at radius 1 is 1.40 bits per heavy atom. The number of amides is 1. The van der Waals surface area contributed by atoms with Crippen molar-refractivity contribution in [2.75, 3.05) is 0 Å². The zero-order chi connectivity index (χ0) is 14.7. The highest BCUT2D eigenvalue weighted by atomic mass is 35.5. The highest BCUT2D eigenvalue weighted by molar-refractivity contribution is 6.29. The van der Waals surface area contributed by atoms with Crippen LogP contribution in [0.4, 0.5) is 0 Å². The second-order valence-electron chi connectivity index (χ2n) is 5.62. The number of nitrogens with zero attached hydrogens (tertiary/aromatic N) is 2. The van der Waals surface area contributed by atoms with Gasteiger partial charge in [-0.05, 0) is 44.7 Å². The van der Waals surface area contributed by atoms with Crippen LogP contribution in [0.5, 0.6) is 0 Å². The van der Waals surface area contributed by atoms with Crippen LogP contribution >= 0.6 is 11.6 Å². The number of carbonyl (C=O) groups excluding carboxylic acids is 1. The minimum Gasteiger partial charge on any atom is -0.333 e. The molecular weight excluding hydrogens is 272 g/mol. The van der Waals surface area contributed by atoms with E-state index in [1.54, 1.807) is 6.07 Å². The molecule has 1 saturated heterocycles. The number of halogens is 1. The van der Waals surface area contributed by atoms with Gasteiger partial charge in [-0.1, -0.05) is 31.9 Å². The Labute approximate surface area is 126 Å². The molecule has 0 radical (unpaired) electrons. The lowest BCUT2D eigenvalue weighted by Crippen LogP contribution is -2.39. The van der Waals surface area contributed by atoms with E-state index in [1.165, 1.54) is 0 Å². The highest BCUT2D eigenvalue weighted by Crippen LogP contribution is 2.28. The Bertz CT molecular complexity index is 489. The molecule has 0 bridgehead atoms. The molecule has 1 amide bonds. The summed E-state index contributed by atoms with van der Waals surface area (Å²) in [7, 11) is 0. The van der Waals surface area contributed by atoms with Crippen LogP contribution in [0, 0.1) is 0 Å². The summed E-state index contributed by atoms with van der Waals surface area (Å²) in [6, 6.07) is 4.27. The molecule has 1 aromatic heterocycles. The predicted octanol–water partition coefficient (Wildman–Crippen LogP) is 4.09. The van der Waals surface area contributed by atoms with E-state index in [4.69, 9.17) is 11.6 Å². The van der Waals surface area contributed by atoms with Gasteiger partial charge in [-0.2, -0.15) is 0 Å². The Hall–Kier alpha value is -1.09. The molecule has 110 valence electrons. The van der Waals surface area contributed by atoms with Crippen molar-refractivity contribution in [3.8, 4) is 0 Å². The van der Waals surface area contributed by atoms with Gasteiger partial charge in [-0.3, -0.25) is 4.79 Å². The first-order valence-electron chi connectivity index (χ1n) is 7.55. The first-order valence-corrected chi connectivity index (χ1v) is 7.93. The fourth-order valence-electron chi connectivity index (χ4n) is 3.05. The van der Waals surface area contributed by atoms with Gasteiger partial charge in [0.2, 0.25) is 0 Å². The highest BCUT2D eigenvalue weighted by Gasteiger charge is 2.33. The van der Waals surface area contributed by atoms with E-state index in [0.29, 0.717) is 22.8 Å². The summed E-state index contributed by atoms with van der Waals surface area (Å²) < 4.78 is 0. The molecule has 2 unspecified atom stereocenters. The van der Waals surface area contributed by atoms with Crippen LogP contribution in [0.2, 0.25) is 5.15 Å². The first kappa shape index (κ1) is 15.3. The SMILES string of the molecule is CCCc1cc(C(=O)N2C(C)CCC2CC)cc(Cl)n1. The summed E-state index contributed by atoms with van der Waals surface area (Å²) in [5, 5.41) is 0.416. The number of hydrogen-bond donors (Lipinski definition) is 0. The molecule has 1 aromatic rings. The van der Waals surface area contributed by atoms with Crippen LogP contribution in [0.1, 0.15) is 62.5 Å². The standard InChI is InChI=1S/C16H23ClN2O/c1-4-6-13-9-12(10-15(17)18-13)16(20)19-11(3)7-8-14(19)5-2/h9-11,14H,4-8H2,1-3H3. The van der Waals surface area contributed by atoms with Gasteiger partial charge in [0.15, 0.2) is 0 Å². The van der Waals surface area contributed by atoms with Crippen molar-refractivity contribution >= 4 is 17.5 Å². The van der Waals surface area contributed by atoms with Gasteiger partial charge in [0.1, 0.15) is 5.15 Å². The number of likely N-dealkylation sites (tertiary alicyclic amines) is 1. The van der Waals surface area contributed by atoms with Crippen LogP contribution in [-0.4, -0.2) is 27.9 Å². The second-order valence-corrected chi connectivity index (χ2v) is 6.01. The lowest BCUT2D eigenvalue weighted by atomic mass is 10.1. The molecule has 1 aliphatic rings. The molecule has 0 saturated carbocycles. The van der Waals surface area contributed by atoms with Crippen molar-refractivity contribution in [1.29, 1.82) is 0 Å². The quantitative estimate of drug-likeness (QED) is 0.784. The van der Waals surface area contributed by atoms with E-state index in [0.717, 1.165) is 37.8 Å². The maximum absolute atomic E-state index is 12.8. The molecule has 0 spiro atoms. The normalized spacial score (nSPS) is 22.3. The van der Waals surface area contributed by atoms with E-state index < -0.39 is 0 Å². The summed E-state index contributed by atoms with van der Waals surface area (Å²) in [6.07, 6.45) is 5.05. The minimum atomic E-state index is 0.100. The topological polar surface area (TPSA) is 33.2 Å². The maximum atomic E-state index is 12.8. The number of hydrogen-bond acceptors (Lipinski definition) is 2. The summed E-state index contributed by atoms with van der Waals surface area (Å²) in [5.41, 5.74) is 1.59. The molecule has 2 heterocycles. The van der Waals surface area contributed by atoms with Crippen LogP contribution in [0.3, 0.4) is 0 Å². The molecule has 2 rings (SSSR count). The van der Waals surface area contributed by atoms with Crippen LogP contribution in [-0.2, 0) is 6.42 Å². The van der Waals surface area contributed by atoms with Crippen molar-refractivity contribution in [3.05, 3.63) is 28.5 Å². The van der Waals surface area contributed by atoms with Gasteiger partial charge in [0, 0.05) is 23.3 Å². The average Bonchev–Trinajstić information content (AvgIpc) is 2.78. The fourth-order valence-corrected chi connectivity index (χ4v) is 3.27. The van der Waals surface area contributed by atoms with Crippen molar-refractivity contribution in [2.24, 2.45) is 0 Å². The monoisotopic (exact) mass is 294 g/mol. The molecule has 0 aromatic carbocycles. The lowest BCUT2D eigenvalue weighted by molar-refractivity contribution is 0.0676. The Kier molecular flexibility index (Phi) is 5.03. The summed E-state index contributed by atoms with van der Waals surface area (Å²) in [6.45, 7) is 6.37. The summed E-state index contributed by atoms with van der Waals surface area (Å²) in [4.78, 5) is 19.1. The predicted molar refractivity (Wildman–Crippen MR) is 82.2 cm³/mol. The van der Waals surface area contributed by atoms with Gasteiger partial charge < -0.3 is 4.90 Å². The van der Waals surface area contributed by atoms with Crippen molar-refractivity contribution in [3.63, 3.8) is 0 Å². The second kappa shape index (κ2) is 6.57. The van der Waals surface area contributed by atoms with E-state index in [9.17, 15) is 4.79 Å². The minimum absolute atomic E-state index is 0.100. The van der Waals surface area contributed by atoms with Crippen molar-refractivity contribution < 1.29 is 4.79 Å². The number of rotatable bonds is 4. The third-order valence-electron chi connectivity index (χ3n) is 4.09. The van der Waals surface area contributed by atoms with Gasteiger partial charge in [0.05, 0.1) is 0 Å². The molecule has 4 heteroatoms. The number of pyridine rings is 1. The van der Waals surface area contributed by atoms with Crippen molar-refractivity contribution in [2.45, 2.75) is 65.0 Å². The van der Waals surface area contributed by atoms with E-state index in [1.807, 2.05) is 11.0 Å². The van der Waals surface area contributed by atoms with Crippen LogP contribution in [0.15, 0.2) is 12.1 Å². The molecule has 0 aliphatic carbocycles. The Morgan fingerprint density at radius 3 is 2.80 bits per heavy atom. The lowest BCUT2D eigenvalue weighted by Gasteiger charge is -2.28. The molecule has 1 fully saturated rings. The van der Waals surface area contributed by atoms with Gasteiger partial charge in [-0.15, -0.1) is 0 Å². The maximum Gasteiger partial charge on any atom is 0.254 e. The zero-order valence-corrected chi connectivity index (χ0v) is 13.3. The zero-order valence-electron chi connectivity index (χ0n) is 12.5. The van der Waals surface area contributed by atoms with Gasteiger partial charge in [-0.25, -0.2) is 4.98 Å². The Balaban J connectivity index is 2.28. The molecule has 3 nitrogen and oxygen atoms in total. The van der Waals surface area contributed by atoms with E-state index in [-0.39, 0.29) is 5.91 Å². The number of aryl methyl sites for hydroxylation is 1. The summed E-state index contributed by atoms with van der Waals surface area (Å²) in [5.74, 6) is 0.100. The largest absolute Gasteiger partial charge is 0.333 e. The fraction of sp³-hybridized carbons (Fsp3) is 0.625.